The van der Waals surface area contributed by atoms with Crippen LogP contribution in [0.5, 0.6) is 0 Å². The largest absolute Gasteiger partial charge is 0.353 e. The molecule has 1 aromatic heterocycles. The van der Waals surface area contributed by atoms with Gasteiger partial charge in [-0.05, 0) is 54.9 Å². The van der Waals surface area contributed by atoms with Crippen molar-refractivity contribution in [3.05, 3.63) is 35.4 Å². The van der Waals surface area contributed by atoms with Crippen LogP contribution in [0.1, 0.15) is 55.8 Å². The molecule has 3 rings (SSSR count). The van der Waals surface area contributed by atoms with Gasteiger partial charge in [0.2, 0.25) is 11.1 Å². The Hall–Kier alpha value is -1.93. The van der Waals surface area contributed by atoms with E-state index in [-0.39, 0.29) is 11.9 Å². The van der Waals surface area contributed by atoms with Crippen LogP contribution in [0.4, 0.5) is 0 Å². The van der Waals surface area contributed by atoms with Gasteiger partial charge in [-0.15, -0.1) is 5.10 Å². The van der Waals surface area contributed by atoms with Gasteiger partial charge in [-0.1, -0.05) is 55.8 Å². The number of carbonyl (C=O) groups excluding carboxylic acids is 1. The molecule has 1 unspecified atom stereocenters. The van der Waals surface area contributed by atoms with Crippen LogP contribution in [0, 0.1) is 0 Å². The van der Waals surface area contributed by atoms with Crippen LogP contribution in [0.15, 0.2) is 29.4 Å². The van der Waals surface area contributed by atoms with E-state index in [2.05, 4.69) is 56.9 Å². The summed E-state index contributed by atoms with van der Waals surface area (Å²) in [7, 11) is 4.07. The maximum absolute atomic E-state index is 12.4. The number of aryl methyl sites for hydroxylation is 1. The van der Waals surface area contributed by atoms with E-state index in [1.54, 1.807) is 0 Å². The fourth-order valence-electron chi connectivity index (χ4n) is 3.62. The van der Waals surface area contributed by atoms with Gasteiger partial charge in [0.25, 0.3) is 0 Å². The van der Waals surface area contributed by atoms with Crippen molar-refractivity contribution in [1.82, 2.24) is 30.4 Å². The zero-order chi connectivity index (χ0) is 19.9. The summed E-state index contributed by atoms with van der Waals surface area (Å²) in [6.07, 6.45) is 5.71. The smallest absolute Gasteiger partial charge is 0.230 e. The van der Waals surface area contributed by atoms with E-state index in [9.17, 15) is 4.79 Å². The van der Waals surface area contributed by atoms with Crippen LogP contribution in [0.3, 0.4) is 0 Å². The summed E-state index contributed by atoms with van der Waals surface area (Å²) >= 11 is 1.41. The molecular weight excluding hydrogens is 372 g/mol. The highest BCUT2D eigenvalue weighted by atomic mass is 32.2. The molecule has 0 spiro atoms. The average molecular weight is 403 g/mol. The van der Waals surface area contributed by atoms with Crippen molar-refractivity contribution in [2.45, 2.75) is 56.3 Å². The molecule has 1 amide bonds. The molecule has 2 aromatic rings. The summed E-state index contributed by atoms with van der Waals surface area (Å²) in [4.78, 5) is 14.5. The lowest BCUT2D eigenvalue weighted by Gasteiger charge is -2.25. The first-order valence-electron chi connectivity index (χ1n) is 10.0. The molecule has 1 fully saturated rings. The molecule has 1 atom stereocenters. The second kappa shape index (κ2) is 10.0. The number of hydrogen-bond acceptors (Lipinski definition) is 6. The molecule has 1 heterocycles. The zero-order valence-electron chi connectivity index (χ0n) is 17.0. The molecule has 0 radical (unpaired) electrons. The number of aromatic nitrogens is 4. The predicted octanol–water partition coefficient (Wildman–Crippen LogP) is 2.86. The predicted molar refractivity (Wildman–Crippen MR) is 111 cm³/mol. The van der Waals surface area contributed by atoms with Gasteiger partial charge in [-0.2, -0.15) is 0 Å². The lowest BCUT2D eigenvalue weighted by Crippen LogP contribution is -2.35. The molecule has 7 nitrogen and oxygen atoms in total. The molecule has 1 aliphatic carbocycles. The van der Waals surface area contributed by atoms with Gasteiger partial charge < -0.3 is 10.2 Å². The highest BCUT2D eigenvalue weighted by Crippen LogP contribution is 2.31. The van der Waals surface area contributed by atoms with Crippen molar-refractivity contribution in [1.29, 1.82) is 0 Å². The zero-order valence-corrected chi connectivity index (χ0v) is 17.8. The molecule has 1 aromatic carbocycles. The van der Waals surface area contributed by atoms with Crippen molar-refractivity contribution in [3.63, 3.8) is 0 Å². The van der Waals surface area contributed by atoms with E-state index in [0.717, 1.165) is 24.4 Å². The van der Waals surface area contributed by atoms with E-state index < -0.39 is 0 Å². The molecular formula is C20H30N6OS. The minimum atomic E-state index is 0.00278. The highest BCUT2D eigenvalue weighted by molar-refractivity contribution is 7.99. The maximum atomic E-state index is 12.4. The minimum Gasteiger partial charge on any atom is -0.353 e. The molecule has 8 heteroatoms. The normalized spacial score (nSPS) is 15.9. The van der Waals surface area contributed by atoms with E-state index >= 15 is 0 Å². The summed E-state index contributed by atoms with van der Waals surface area (Å²) in [5.74, 6) is 0.324. The SMILES string of the molecule is CCc1ccc(C(CNC(=O)CSc2nnnn2C2CCCC2)N(C)C)cc1. The third-order valence-corrected chi connectivity index (χ3v) is 6.29. The van der Waals surface area contributed by atoms with Gasteiger partial charge in [0, 0.05) is 6.54 Å². The number of carbonyl (C=O) groups is 1. The number of likely N-dealkylation sites (N-methyl/N-ethyl adjacent to an activating group) is 1. The van der Waals surface area contributed by atoms with Crippen molar-refractivity contribution in [2.75, 3.05) is 26.4 Å². The van der Waals surface area contributed by atoms with Crippen molar-refractivity contribution in [2.24, 2.45) is 0 Å². The van der Waals surface area contributed by atoms with Crippen molar-refractivity contribution in [3.8, 4) is 0 Å². The molecule has 0 bridgehead atoms. The number of rotatable bonds is 9. The topological polar surface area (TPSA) is 75.9 Å². The molecule has 152 valence electrons. The molecule has 0 aliphatic heterocycles. The van der Waals surface area contributed by atoms with E-state index in [1.807, 2.05) is 18.8 Å². The van der Waals surface area contributed by atoms with Crippen LogP contribution in [-0.4, -0.2) is 57.4 Å². The van der Waals surface area contributed by atoms with Gasteiger partial charge in [-0.25, -0.2) is 4.68 Å². The standard InChI is InChI=1S/C20H30N6OS/c1-4-15-9-11-16(12-10-15)18(25(2)3)13-21-19(27)14-28-20-22-23-24-26(20)17-7-5-6-8-17/h9-12,17-18H,4-8,13-14H2,1-3H3,(H,21,27). The molecule has 28 heavy (non-hydrogen) atoms. The van der Waals surface area contributed by atoms with E-state index in [1.165, 1.54) is 35.7 Å². The van der Waals surface area contributed by atoms with Gasteiger partial charge in [0.15, 0.2) is 0 Å². The van der Waals surface area contributed by atoms with E-state index in [4.69, 9.17) is 0 Å². The molecule has 1 N–H and O–H groups in total. The number of nitrogens with zero attached hydrogens (tertiary/aromatic N) is 5. The van der Waals surface area contributed by atoms with Gasteiger partial charge in [0.05, 0.1) is 17.8 Å². The first-order chi connectivity index (χ1) is 13.6. The summed E-state index contributed by atoms with van der Waals surface area (Å²) in [5.41, 5.74) is 2.53. The maximum Gasteiger partial charge on any atom is 0.230 e. The van der Waals surface area contributed by atoms with Crippen LogP contribution in [0.25, 0.3) is 0 Å². The first kappa shape index (κ1) is 20.8. The van der Waals surface area contributed by atoms with Crippen molar-refractivity contribution < 1.29 is 4.79 Å². The summed E-state index contributed by atoms with van der Waals surface area (Å²) in [5, 5.41) is 15.8. The summed E-state index contributed by atoms with van der Waals surface area (Å²) in [6.45, 7) is 2.73. The Balaban J connectivity index is 1.51. The monoisotopic (exact) mass is 402 g/mol. The second-order valence-electron chi connectivity index (χ2n) is 7.51. The Morgan fingerprint density at radius 1 is 1.29 bits per heavy atom. The number of benzene rings is 1. The lowest BCUT2D eigenvalue weighted by atomic mass is 10.0. The van der Waals surface area contributed by atoms with Gasteiger partial charge in [0.1, 0.15) is 0 Å². The third-order valence-electron chi connectivity index (χ3n) is 5.35. The van der Waals surface area contributed by atoms with Gasteiger partial charge >= 0.3 is 0 Å². The third kappa shape index (κ3) is 5.32. The Labute approximate surface area is 171 Å². The molecule has 1 saturated carbocycles. The Bertz CT molecular complexity index is 754. The Morgan fingerprint density at radius 2 is 2.00 bits per heavy atom. The summed E-state index contributed by atoms with van der Waals surface area (Å²) in [6, 6.07) is 9.15. The number of hydrogen-bond donors (Lipinski definition) is 1. The number of nitrogens with one attached hydrogen (secondary N) is 1. The Kier molecular flexibility index (Phi) is 7.44. The number of thioether (sulfide) groups is 1. The lowest BCUT2D eigenvalue weighted by molar-refractivity contribution is -0.118. The Morgan fingerprint density at radius 3 is 2.64 bits per heavy atom. The molecule has 1 aliphatic rings. The fraction of sp³-hybridized carbons (Fsp3) is 0.600. The van der Waals surface area contributed by atoms with Crippen LogP contribution in [0.2, 0.25) is 0 Å². The van der Waals surface area contributed by atoms with Crippen LogP contribution >= 0.6 is 11.8 Å². The van der Waals surface area contributed by atoms with Crippen LogP contribution in [-0.2, 0) is 11.2 Å². The summed E-state index contributed by atoms with van der Waals surface area (Å²) < 4.78 is 1.89. The fourth-order valence-corrected chi connectivity index (χ4v) is 4.40. The minimum absolute atomic E-state index is 0.00278. The van der Waals surface area contributed by atoms with Gasteiger partial charge in [-0.3, -0.25) is 4.79 Å². The van der Waals surface area contributed by atoms with Crippen LogP contribution < -0.4 is 5.32 Å². The number of amides is 1. The quantitative estimate of drug-likeness (QED) is 0.650. The second-order valence-corrected chi connectivity index (χ2v) is 8.45. The molecule has 0 saturated heterocycles. The average Bonchev–Trinajstić information content (AvgIpc) is 3.38. The first-order valence-corrected chi connectivity index (χ1v) is 11.0. The van der Waals surface area contributed by atoms with Crippen molar-refractivity contribution >= 4 is 17.7 Å². The highest BCUT2D eigenvalue weighted by Gasteiger charge is 2.22. The van der Waals surface area contributed by atoms with E-state index in [0.29, 0.717) is 18.3 Å². The number of tetrazole rings is 1.